The van der Waals surface area contributed by atoms with Crippen LogP contribution in [0.2, 0.25) is 0 Å². The van der Waals surface area contributed by atoms with Gasteiger partial charge in [-0.2, -0.15) is 4.98 Å². The molecule has 3 rings (SSSR count). The molecule has 124 valence electrons. The fourth-order valence-electron chi connectivity index (χ4n) is 2.57. The molecule has 1 unspecified atom stereocenters. The normalized spacial score (nSPS) is 18.0. The molecular formula is C14H20N6O2S. The minimum Gasteiger partial charge on any atom is -0.338 e. The highest BCUT2D eigenvalue weighted by Crippen LogP contribution is 2.14. The average molecular weight is 336 g/mol. The first-order chi connectivity index (χ1) is 11.1. The van der Waals surface area contributed by atoms with Gasteiger partial charge in [-0.1, -0.05) is 5.16 Å². The number of amides is 1. The monoisotopic (exact) mass is 336 g/mol. The highest BCUT2D eigenvalue weighted by atomic mass is 32.1. The molecule has 0 spiro atoms. The van der Waals surface area contributed by atoms with Crippen LogP contribution in [0, 0.1) is 6.92 Å². The lowest BCUT2D eigenvalue weighted by atomic mass is 10.2. The van der Waals surface area contributed by atoms with Crippen LogP contribution in [0.4, 0.5) is 5.13 Å². The molecule has 2 aromatic rings. The Morgan fingerprint density at radius 1 is 1.43 bits per heavy atom. The summed E-state index contributed by atoms with van der Waals surface area (Å²) >= 11 is 1.43. The molecule has 1 saturated heterocycles. The van der Waals surface area contributed by atoms with Crippen molar-refractivity contribution >= 4 is 22.4 Å². The number of aryl methyl sites for hydroxylation is 1. The zero-order chi connectivity index (χ0) is 16.2. The average Bonchev–Trinajstić information content (AvgIpc) is 3.19. The van der Waals surface area contributed by atoms with Crippen LogP contribution in [0.15, 0.2) is 16.1 Å². The summed E-state index contributed by atoms with van der Waals surface area (Å²) in [6.45, 7) is 7.81. The van der Waals surface area contributed by atoms with Crippen LogP contribution in [-0.2, 0) is 11.3 Å². The van der Waals surface area contributed by atoms with Crippen LogP contribution in [0.25, 0.3) is 0 Å². The second-order valence-corrected chi connectivity index (χ2v) is 6.44. The quantitative estimate of drug-likeness (QED) is 0.871. The molecule has 3 heterocycles. The van der Waals surface area contributed by atoms with E-state index in [0.717, 1.165) is 26.2 Å². The number of hydrogen-bond donors (Lipinski definition) is 1. The van der Waals surface area contributed by atoms with E-state index in [4.69, 9.17) is 4.52 Å². The Hall–Kier alpha value is -1.84. The number of hydrogen-bond acceptors (Lipinski definition) is 8. The van der Waals surface area contributed by atoms with E-state index in [2.05, 4.69) is 30.2 Å². The Labute approximate surface area is 138 Å². The predicted octanol–water partition coefficient (Wildman–Crippen LogP) is 0.979. The van der Waals surface area contributed by atoms with E-state index in [1.54, 1.807) is 6.20 Å². The third kappa shape index (κ3) is 4.12. The third-order valence-electron chi connectivity index (χ3n) is 3.93. The van der Waals surface area contributed by atoms with Gasteiger partial charge in [-0.15, -0.1) is 11.3 Å². The van der Waals surface area contributed by atoms with E-state index in [0.29, 0.717) is 23.4 Å². The fourth-order valence-corrected chi connectivity index (χ4v) is 3.10. The first kappa shape index (κ1) is 16.0. The summed E-state index contributed by atoms with van der Waals surface area (Å²) in [6, 6.07) is -0.174. The summed E-state index contributed by atoms with van der Waals surface area (Å²) in [4.78, 5) is 25.0. The maximum Gasteiger partial charge on any atom is 0.243 e. The molecule has 1 aliphatic heterocycles. The van der Waals surface area contributed by atoms with E-state index in [-0.39, 0.29) is 11.9 Å². The van der Waals surface area contributed by atoms with Gasteiger partial charge in [0.15, 0.2) is 11.0 Å². The smallest absolute Gasteiger partial charge is 0.243 e. The first-order valence-electron chi connectivity index (χ1n) is 7.58. The van der Waals surface area contributed by atoms with Gasteiger partial charge in [-0.25, -0.2) is 4.98 Å². The largest absolute Gasteiger partial charge is 0.338 e. The number of carbonyl (C=O) groups excluding carboxylic acids is 1. The minimum atomic E-state index is -0.174. The summed E-state index contributed by atoms with van der Waals surface area (Å²) in [5, 5.41) is 9.15. The summed E-state index contributed by atoms with van der Waals surface area (Å²) < 4.78 is 5.15. The van der Waals surface area contributed by atoms with Crippen LogP contribution >= 0.6 is 11.3 Å². The van der Waals surface area contributed by atoms with Crippen molar-refractivity contribution in [1.82, 2.24) is 24.9 Å². The van der Waals surface area contributed by atoms with Crippen molar-refractivity contribution in [3.8, 4) is 0 Å². The van der Waals surface area contributed by atoms with Gasteiger partial charge in [0.05, 0.1) is 12.6 Å². The highest BCUT2D eigenvalue weighted by molar-refractivity contribution is 7.13. The van der Waals surface area contributed by atoms with Crippen molar-refractivity contribution in [2.45, 2.75) is 26.4 Å². The number of anilines is 1. The molecule has 1 N–H and O–H groups in total. The molecule has 1 amide bonds. The van der Waals surface area contributed by atoms with Gasteiger partial charge in [0.25, 0.3) is 0 Å². The van der Waals surface area contributed by atoms with E-state index in [1.807, 2.05) is 19.2 Å². The standard InChI is InChI=1S/C14H20N6O2S/c1-10(13(21)17-14-15-3-8-23-14)20-6-4-19(5-7-20)9-12-16-11(2)18-22-12/h3,8,10H,4-7,9H2,1-2H3,(H,15,17,21). The molecule has 23 heavy (non-hydrogen) atoms. The zero-order valence-corrected chi connectivity index (χ0v) is 14.0. The van der Waals surface area contributed by atoms with E-state index >= 15 is 0 Å². The number of thiazole rings is 1. The SMILES string of the molecule is Cc1noc(CN2CCN(C(C)C(=O)Nc3nccs3)CC2)n1. The first-order valence-corrected chi connectivity index (χ1v) is 8.46. The Morgan fingerprint density at radius 2 is 2.22 bits per heavy atom. The van der Waals surface area contributed by atoms with Crippen molar-refractivity contribution < 1.29 is 9.32 Å². The Bertz CT molecular complexity index is 635. The maximum atomic E-state index is 12.3. The van der Waals surface area contributed by atoms with Crippen molar-refractivity contribution in [3.63, 3.8) is 0 Å². The molecule has 0 aliphatic carbocycles. The summed E-state index contributed by atoms with van der Waals surface area (Å²) in [7, 11) is 0. The maximum absolute atomic E-state index is 12.3. The van der Waals surface area contributed by atoms with Gasteiger partial charge >= 0.3 is 0 Å². The van der Waals surface area contributed by atoms with Crippen LogP contribution in [0.3, 0.4) is 0 Å². The van der Waals surface area contributed by atoms with Crippen molar-refractivity contribution in [1.29, 1.82) is 0 Å². The minimum absolute atomic E-state index is 0.0130. The lowest BCUT2D eigenvalue weighted by Crippen LogP contribution is -2.52. The van der Waals surface area contributed by atoms with E-state index in [9.17, 15) is 4.79 Å². The second-order valence-electron chi connectivity index (χ2n) is 5.55. The lowest BCUT2D eigenvalue weighted by Gasteiger charge is -2.36. The van der Waals surface area contributed by atoms with Gasteiger partial charge in [0, 0.05) is 37.8 Å². The summed E-state index contributed by atoms with van der Waals surface area (Å²) in [6.07, 6.45) is 1.68. The molecule has 9 heteroatoms. The van der Waals surface area contributed by atoms with Gasteiger partial charge in [0.1, 0.15) is 0 Å². The molecule has 2 aromatic heterocycles. The molecular weight excluding hydrogens is 316 g/mol. The zero-order valence-electron chi connectivity index (χ0n) is 13.2. The van der Waals surface area contributed by atoms with Gasteiger partial charge in [-0.3, -0.25) is 14.6 Å². The molecule has 1 aliphatic rings. The number of rotatable bonds is 5. The summed E-state index contributed by atoms with van der Waals surface area (Å²) in [5.74, 6) is 1.29. The van der Waals surface area contributed by atoms with Crippen molar-refractivity contribution in [2.75, 3.05) is 31.5 Å². The number of carbonyl (C=O) groups is 1. The Morgan fingerprint density at radius 3 is 2.83 bits per heavy atom. The van der Waals surface area contributed by atoms with Crippen LogP contribution in [-0.4, -0.2) is 63.1 Å². The topological polar surface area (TPSA) is 87.4 Å². The van der Waals surface area contributed by atoms with E-state index < -0.39 is 0 Å². The second kappa shape index (κ2) is 7.16. The number of nitrogens with one attached hydrogen (secondary N) is 1. The Kier molecular flexibility index (Phi) is 4.99. The van der Waals surface area contributed by atoms with Crippen molar-refractivity contribution in [3.05, 3.63) is 23.3 Å². The molecule has 0 aromatic carbocycles. The van der Waals surface area contributed by atoms with Gasteiger partial charge in [-0.05, 0) is 13.8 Å². The highest BCUT2D eigenvalue weighted by Gasteiger charge is 2.26. The van der Waals surface area contributed by atoms with E-state index in [1.165, 1.54) is 11.3 Å². The Balaban J connectivity index is 1.47. The fraction of sp³-hybridized carbons (Fsp3) is 0.571. The molecule has 0 radical (unpaired) electrons. The van der Waals surface area contributed by atoms with Crippen molar-refractivity contribution in [2.24, 2.45) is 0 Å². The number of piperazine rings is 1. The number of nitrogens with zero attached hydrogens (tertiary/aromatic N) is 5. The lowest BCUT2D eigenvalue weighted by molar-refractivity contribution is -0.121. The van der Waals surface area contributed by atoms with Crippen LogP contribution in [0.1, 0.15) is 18.6 Å². The third-order valence-corrected chi connectivity index (χ3v) is 4.61. The molecule has 8 nitrogen and oxygen atoms in total. The summed E-state index contributed by atoms with van der Waals surface area (Å²) in [5.41, 5.74) is 0. The van der Waals surface area contributed by atoms with Gasteiger partial charge in [0.2, 0.25) is 11.8 Å². The molecule has 1 atom stereocenters. The molecule has 1 fully saturated rings. The number of aromatic nitrogens is 3. The van der Waals surface area contributed by atoms with Gasteiger partial charge < -0.3 is 9.84 Å². The molecule has 0 bridgehead atoms. The predicted molar refractivity (Wildman–Crippen MR) is 86.1 cm³/mol. The van der Waals surface area contributed by atoms with Crippen LogP contribution < -0.4 is 5.32 Å². The molecule has 0 saturated carbocycles. The van der Waals surface area contributed by atoms with Crippen LogP contribution in [0.5, 0.6) is 0 Å².